The van der Waals surface area contributed by atoms with Gasteiger partial charge in [-0.2, -0.15) is 0 Å². The number of benzene rings is 4. The Morgan fingerprint density at radius 2 is 1.40 bits per heavy atom. The molecule has 6 aliphatic heterocycles. The highest BCUT2D eigenvalue weighted by Crippen LogP contribution is 2.32. The van der Waals surface area contributed by atoms with E-state index in [-0.39, 0.29) is 103 Å². The molecule has 31 heteroatoms. The highest BCUT2D eigenvalue weighted by molar-refractivity contribution is 6.00. The van der Waals surface area contributed by atoms with Gasteiger partial charge in [0.05, 0.1) is 39.1 Å². The number of carbonyl (C=O) groups excluding carboxylic acids is 12. The van der Waals surface area contributed by atoms with E-state index in [1.165, 1.54) is 38.0 Å². The SMILES string of the molecule is CCCOCCOCCC(=O)NC[C@H]1NC(=O)[C@H](C)NC(=O)CCC(=O)N2CCCCCCn3cc(c4cc(F)ccc43)C[C@@H]3NC(=O)[C@H](Cc4cccc(c4)CNC(=O)CO[C@H]4CCN(C3=O)[C@@H]4C(=O)N[C@@H]([C@@H](C)O)C(=O)N[C@@H](Cc3ccc(OC)cc3)C(=O)N3CCC[C@@]3(C)C(=O)NCCc3ccc(cc3)C2)NC1=O. The number of nitrogens with zero attached hydrogens (tertiary/aromatic N) is 4. The maximum atomic E-state index is 16.2. The van der Waals surface area contributed by atoms with Crippen molar-refractivity contribution < 1.29 is 86.0 Å². The van der Waals surface area contributed by atoms with Gasteiger partial charge in [0.15, 0.2) is 0 Å². The van der Waals surface area contributed by atoms with Crippen LogP contribution in [0.5, 0.6) is 5.75 Å². The monoisotopic (exact) mass is 1550 g/mol. The normalized spacial score (nSPS) is 24.7. The number of hydrogen-bond acceptors (Lipinski definition) is 17. The van der Waals surface area contributed by atoms with Crippen LogP contribution in [-0.4, -0.2) is 228 Å². The van der Waals surface area contributed by atoms with E-state index < -0.39 is 144 Å². The van der Waals surface area contributed by atoms with Crippen LogP contribution in [-0.2, 0) is 117 Å². The summed E-state index contributed by atoms with van der Waals surface area (Å²) >= 11 is 0. The average Bonchev–Trinajstić information content (AvgIpc) is 1.60. The largest absolute Gasteiger partial charge is 0.497 e. The van der Waals surface area contributed by atoms with Crippen LogP contribution in [0.25, 0.3) is 10.9 Å². The number of methoxy groups -OCH3 is 1. The molecule has 0 spiro atoms. The molecule has 5 aromatic rings. The van der Waals surface area contributed by atoms with Gasteiger partial charge < -0.3 is 91.2 Å². The van der Waals surface area contributed by atoms with Crippen molar-refractivity contribution in [3.05, 3.63) is 136 Å². The second kappa shape index (κ2) is 40.2. The van der Waals surface area contributed by atoms with Crippen molar-refractivity contribution in [1.29, 1.82) is 0 Å². The van der Waals surface area contributed by atoms with Crippen molar-refractivity contribution in [1.82, 2.24) is 67.1 Å². The second-order valence-electron chi connectivity index (χ2n) is 29.6. The van der Waals surface area contributed by atoms with Gasteiger partial charge in [0.1, 0.15) is 66.0 Å². The molecule has 12 amide bonds. The lowest BCUT2D eigenvalue weighted by Crippen LogP contribution is -2.64. The first-order valence-corrected chi connectivity index (χ1v) is 38.9. The van der Waals surface area contributed by atoms with E-state index in [4.69, 9.17) is 18.9 Å². The minimum absolute atomic E-state index is 0.0325. The molecule has 0 unspecified atom stereocenters. The van der Waals surface area contributed by atoms with E-state index in [1.807, 2.05) is 35.8 Å². The first-order valence-electron chi connectivity index (χ1n) is 38.9. The van der Waals surface area contributed by atoms with Crippen molar-refractivity contribution in [2.75, 3.05) is 72.9 Å². The lowest BCUT2D eigenvalue weighted by molar-refractivity contribution is -0.148. The Morgan fingerprint density at radius 1 is 0.679 bits per heavy atom. The van der Waals surface area contributed by atoms with Crippen molar-refractivity contribution in [2.24, 2.45) is 0 Å². The smallest absolute Gasteiger partial charge is 0.246 e. The van der Waals surface area contributed by atoms with Gasteiger partial charge >= 0.3 is 0 Å². The zero-order chi connectivity index (χ0) is 80.0. The Morgan fingerprint density at radius 3 is 2.15 bits per heavy atom. The number of amides is 12. The number of ether oxygens (including phenoxy) is 4. The second-order valence-corrected chi connectivity index (χ2v) is 29.6. The maximum Gasteiger partial charge on any atom is 0.246 e. The fourth-order valence-corrected chi connectivity index (χ4v) is 14.9. The van der Waals surface area contributed by atoms with Gasteiger partial charge in [0.2, 0.25) is 70.9 Å². The number of halogens is 1. The van der Waals surface area contributed by atoms with Crippen LogP contribution in [0.3, 0.4) is 0 Å². The summed E-state index contributed by atoms with van der Waals surface area (Å²) in [6, 6.07) is 13.8. The average molecular weight is 1550 g/mol. The molecular formula is C81H106FN13O17. The number of carbonyl (C=O) groups is 12. The molecular weight excluding hydrogens is 1450 g/mol. The molecule has 2 saturated heterocycles. The third-order valence-corrected chi connectivity index (χ3v) is 21.2. The van der Waals surface area contributed by atoms with Crippen LogP contribution in [0.2, 0.25) is 0 Å². The summed E-state index contributed by atoms with van der Waals surface area (Å²) in [6.45, 7) is 6.79. The van der Waals surface area contributed by atoms with Gasteiger partial charge in [-0.3, -0.25) is 57.5 Å². The number of aliphatic hydroxyl groups excluding tert-OH is 1. The third kappa shape index (κ3) is 22.7. The van der Waals surface area contributed by atoms with E-state index in [0.717, 1.165) is 22.4 Å². The summed E-state index contributed by atoms with van der Waals surface area (Å²) in [6.07, 6.45) is 1.37. The molecule has 0 saturated carbocycles. The van der Waals surface area contributed by atoms with Crippen LogP contribution >= 0.6 is 0 Å². The maximum absolute atomic E-state index is 16.2. The van der Waals surface area contributed by atoms with E-state index in [2.05, 4.69) is 47.9 Å². The number of fused-ring (bicyclic) bond motifs is 16. The standard InChI is InChI=1S/C81H106FN13O17/c1-6-36-110-38-39-111-37-29-67(97)85-46-64-75(103)87-61-42-55-13-11-14-56(40-55)45-84-69(99)49-112-66-28-35-94-72(66)77(105)91-71(51(3)96)76(104)89-62(41-53-19-22-59(109-5)23-20-53)79(107)95-34-12-30-81(95,4)80(108)83-31-27-52-15-17-54(18-16-52)47-93(70(100)26-25-68(98)86-50(2)73(101)90-64)33-10-8-7-9-32-92-48-57(43-63(78(94)106)88-74(61)102)60-44-58(82)21-24-65(60)92/h11,13-24,40,44,48,50-51,61-64,66,71-72,96H,6-10,12,25-39,41-43,45-47,49H2,1-5H3,(H,83,108)(H,84,99)(H,85,97)(H,86,98)(H,87,103)(H,88,102)(H,89,104)(H,90,101)(H,91,105)/t50-,51+,61-,62-,63-,64+,66-,71-,72-,81-/m0/s1. The minimum atomic E-state index is -1.86. The highest BCUT2D eigenvalue weighted by atomic mass is 19.1. The van der Waals surface area contributed by atoms with Crippen LogP contribution < -0.4 is 52.6 Å². The van der Waals surface area contributed by atoms with Crippen LogP contribution in [0, 0.1) is 5.82 Å². The van der Waals surface area contributed by atoms with Gasteiger partial charge in [-0.1, -0.05) is 80.4 Å². The molecule has 12 bridgehead atoms. The molecule has 4 aromatic carbocycles. The first-order chi connectivity index (χ1) is 53.9. The van der Waals surface area contributed by atoms with E-state index in [1.54, 1.807) is 72.6 Å². The number of nitrogens with one attached hydrogen (secondary N) is 9. The van der Waals surface area contributed by atoms with Gasteiger partial charge in [-0.25, -0.2) is 4.39 Å². The molecule has 11 rings (SSSR count). The summed E-state index contributed by atoms with van der Waals surface area (Å²) in [7, 11) is 1.49. The molecule has 1 aromatic heterocycles. The lowest BCUT2D eigenvalue weighted by atomic mass is 9.95. The summed E-state index contributed by atoms with van der Waals surface area (Å²) in [5.41, 5.74) is 2.69. The molecule has 6 aliphatic rings. The number of hydrogen-bond donors (Lipinski definition) is 10. The van der Waals surface area contributed by atoms with Gasteiger partial charge in [0, 0.05) is 115 Å². The van der Waals surface area contributed by atoms with Gasteiger partial charge in [-0.05, 0) is 129 Å². The van der Waals surface area contributed by atoms with Crippen molar-refractivity contribution in [3.63, 3.8) is 0 Å². The van der Waals surface area contributed by atoms with E-state index in [9.17, 15) is 33.9 Å². The summed E-state index contributed by atoms with van der Waals surface area (Å²) in [4.78, 5) is 182. The zero-order valence-electron chi connectivity index (χ0n) is 64.4. The Kier molecular flexibility index (Phi) is 30.2. The van der Waals surface area contributed by atoms with Crippen molar-refractivity contribution >= 4 is 81.8 Å². The zero-order valence-corrected chi connectivity index (χ0v) is 64.4. The van der Waals surface area contributed by atoms with Crippen LogP contribution in [0.1, 0.15) is 132 Å². The Labute approximate surface area is 650 Å². The quantitative estimate of drug-likeness (QED) is 0.0712. The number of aliphatic hydroxyl groups is 1. The Bertz CT molecular complexity index is 4180. The summed E-state index contributed by atoms with van der Waals surface area (Å²) in [5, 5.41) is 36.9. The lowest BCUT2D eigenvalue weighted by Gasteiger charge is -2.37. The molecule has 0 aliphatic carbocycles. The molecule has 2 fully saturated rings. The van der Waals surface area contributed by atoms with Crippen molar-refractivity contribution in [2.45, 2.75) is 204 Å². The molecule has 7 heterocycles. The predicted octanol–water partition coefficient (Wildman–Crippen LogP) is 2.13. The molecule has 112 heavy (non-hydrogen) atoms. The number of aryl methyl sites for hydroxylation is 1. The van der Waals surface area contributed by atoms with Crippen molar-refractivity contribution in [3.8, 4) is 5.75 Å². The third-order valence-electron chi connectivity index (χ3n) is 21.2. The van der Waals surface area contributed by atoms with E-state index in [0.29, 0.717) is 104 Å². The Balaban J connectivity index is 1.08. The summed E-state index contributed by atoms with van der Waals surface area (Å²) in [5.74, 6) is -9.32. The fraction of sp³-hybridized carbons (Fsp3) is 0.531. The molecule has 10 N–H and O–H groups in total. The van der Waals surface area contributed by atoms with E-state index >= 15 is 33.2 Å². The van der Waals surface area contributed by atoms with Gasteiger partial charge in [-0.15, -0.1) is 0 Å². The molecule has 604 valence electrons. The number of rotatable bonds is 14. The predicted molar refractivity (Wildman–Crippen MR) is 408 cm³/mol. The Hall–Kier alpha value is -10.4. The topological polar surface area (TPSA) is 385 Å². The van der Waals surface area contributed by atoms with Crippen LogP contribution in [0.15, 0.2) is 97.2 Å². The first kappa shape index (κ1) is 84.1. The van der Waals surface area contributed by atoms with Gasteiger partial charge in [0.25, 0.3) is 0 Å². The minimum Gasteiger partial charge on any atom is -0.497 e. The molecule has 0 radical (unpaired) electrons. The summed E-state index contributed by atoms with van der Waals surface area (Å²) < 4.78 is 40.5. The van der Waals surface area contributed by atoms with Crippen LogP contribution in [0.4, 0.5) is 4.39 Å². The highest BCUT2D eigenvalue weighted by Gasteiger charge is 2.50. The molecule has 10 atom stereocenters. The number of aromatic nitrogens is 1. The molecule has 30 nitrogen and oxygen atoms in total. The fourth-order valence-electron chi connectivity index (χ4n) is 14.9.